The molecule has 15 heavy (non-hydrogen) atoms. The average molecular weight is 220 g/mol. The van der Waals surface area contributed by atoms with E-state index in [4.69, 9.17) is 5.73 Å². The smallest absolute Gasteiger partial charge is 0.0714 e. The summed E-state index contributed by atoms with van der Waals surface area (Å²) in [7, 11) is 0. The van der Waals surface area contributed by atoms with Crippen molar-refractivity contribution in [1.82, 2.24) is 4.57 Å². The Balaban J connectivity index is 2.27. The second-order valence-electron chi connectivity index (χ2n) is 3.49. The van der Waals surface area contributed by atoms with Crippen molar-refractivity contribution in [3.8, 4) is 0 Å². The van der Waals surface area contributed by atoms with Gasteiger partial charge in [-0.15, -0.1) is 0 Å². The van der Waals surface area contributed by atoms with Crippen LogP contribution in [0.4, 0.5) is 5.69 Å². The van der Waals surface area contributed by atoms with Crippen molar-refractivity contribution in [3.05, 3.63) is 30.5 Å². The van der Waals surface area contributed by atoms with Gasteiger partial charge < -0.3 is 10.3 Å². The lowest BCUT2D eigenvalue weighted by Gasteiger charge is -2.06. The molecule has 2 aromatic rings. The Hall–Kier alpha value is -1.09. The molecule has 1 aromatic carbocycles. The Labute approximate surface area is 94.5 Å². The standard InChI is InChI=1S/C12H16N2S/c1-2-15-9-8-14-7-6-10-4-3-5-11(13)12(10)14/h3-7H,2,8-9,13H2,1H3. The zero-order valence-electron chi connectivity index (χ0n) is 8.94. The number of aromatic nitrogens is 1. The number of fused-ring (bicyclic) bond motifs is 1. The van der Waals surface area contributed by atoms with E-state index in [1.165, 1.54) is 16.7 Å². The number of nitrogens with zero attached hydrogens (tertiary/aromatic N) is 1. The molecule has 2 nitrogen and oxygen atoms in total. The number of anilines is 1. The molecule has 1 heterocycles. The quantitative estimate of drug-likeness (QED) is 0.634. The number of para-hydroxylation sites is 1. The van der Waals surface area contributed by atoms with Crippen molar-refractivity contribution in [2.75, 3.05) is 17.2 Å². The molecule has 0 aliphatic heterocycles. The van der Waals surface area contributed by atoms with Crippen LogP contribution in [0.25, 0.3) is 10.9 Å². The van der Waals surface area contributed by atoms with Crippen LogP contribution < -0.4 is 5.73 Å². The normalized spacial score (nSPS) is 11.0. The maximum atomic E-state index is 5.98. The number of nitrogens with two attached hydrogens (primary N) is 1. The first kappa shape index (κ1) is 10.4. The summed E-state index contributed by atoms with van der Waals surface area (Å²) in [6.45, 7) is 3.23. The Morgan fingerprint density at radius 2 is 2.20 bits per heavy atom. The van der Waals surface area contributed by atoms with Crippen molar-refractivity contribution in [2.45, 2.75) is 13.5 Å². The number of hydrogen-bond donors (Lipinski definition) is 1. The molecule has 0 radical (unpaired) electrons. The first-order chi connectivity index (χ1) is 7.33. The predicted octanol–water partition coefficient (Wildman–Crippen LogP) is 2.98. The molecule has 0 saturated heterocycles. The molecule has 0 aliphatic carbocycles. The lowest BCUT2D eigenvalue weighted by Crippen LogP contribution is -2.00. The third-order valence-electron chi connectivity index (χ3n) is 2.50. The van der Waals surface area contributed by atoms with E-state index in [1.54, 1.807) is 0 Å². The lowest BCUT2D eigenvalue weighted by atomic mass is 10.2. The number of nitrogen functional groups attached to an aromatic ring is 1. The van der Waals surface area contributed by atoms with Crippen molar-refractivity contribution in [2.24, 2.45) is 0 Å². The van der Waals surface area contributed by atoms with Gasteiger partial charge in [-0.25, -0.2) is 0 Å². The van der Waals surface area contributed by atoms with Crippen LogP contribution in [0, 0.1) is 0 Å². The molecule has 80 valence electrons. The third-order valence-corrected chi connectivity index (χ3v) is 3.38. The summed E-state index contributed by atoms with van der Waals surface area (Å²) in [6, 6.07) is 8.20. The highest BCUT2D eigenvalue weighted by atomic mass is 32.2. The molecule has 3 heteroatoms. The van der Waals surface area contributed by atoms with E-state index >= 15 is 0 Å². The molecule has 0 spiro atoms. The van der Waals surface area contributed by atoms with Crippen molar-refractivity contribution >= 4 is 28.4 Å². The first-order valence-electron chi connectivity index (χ1n) is 5.24. The Kier molecular flexibility index (Phi) is 3.21. The number of benzene rings is 1. The average Bonchev–Trinajstić information content (AvgIpc) is 2.63. The van der Waals surface area contributed by atoms with E-state index in [9.17, 15) is 0 Å². The van der Waals surface area contributed by atoms with Gasteiger partial charge in [0.15, 0.2) is 0 Å². The number of thioether (sulfide) groups is 1. The minimum absolute atomic E-state index is 0.874. The maximum absolute atomic E-state index is 5.98. The molecule has 2 rings (SSSR count). The molecule has 0 aliphatic rings. The monoisotopic (exact) mass is 220 g/mol. The van der Waals surface area contributed by atoms with Crippen molar-refractivity contribution in [1.29, 1.82) is 0 Å². The van der Waals surface area contributed by atoms with Gasteiger partial charge in [-0.05, 0) is 17.9 Å². The van der Waals surface area contributed by atoms with E-state index in [0.717, 1.165) is 18.0 Å². The zero-order valence-corrected chi connectivity index (χ0v) is 9.76. The highest BCUT2D eigenvalue weighted by Gasteiger charge is 2.03. The highest BCUT2D eigenvalue weighted by molar-refractivity contribution is 7.99. The van der Waals surface area contributed by atoms with Gasteiger partial charge in [-0.3, -0.25) is 0 Å². The van der Waals surface area contributed by atoms with Crippen LogP contribution >= 0.6 is 11.8 Å². The largest absolute Gasteiger partial charge is 0.397 e. The van der Waals surface area contributed by atoms with Crippen molar-refractivity contribution < 1.29 is 0 Å². The first-order valence-corrected chi connectivity index (χ1v) is 6.39. The topological polar surface area (TPSA) is 30.9 Å². The highest BCUT2D eigenvalue weighted by Crippen LogP contribution is 2.22. The SMILES string of the molecule is CCSCCn1ccc2cccc(N)c21. The van der Waals surface area contributed by atoms with Gasteiger partial charge in [-0.2, -0.15) is 11.8 Å². The molecule has 0 atom stereocenters. The number of aryl methyl sites for hydroxylation is 1. The summed E-state index contributed by atoms with van der Waals surface area (Å²) >= 11 is 1.96. The summed E-state index contributed by atoms with van der Waals surface area (Å²) in [5, 5.41) is 1.23. The third kappa shape index (κ3) is 2.12. The van der Waals surface area contributed by atoms with Gasteiger partial charge in [0.25, 0.3) is 0 Å². The van der Waals surface area contributed by atoms with Gasteiger partial charge in [0.2, 0.25) is 0 Å². The molecule has 0 bridgehead atoms. The van der Waals surface area contributed by atoms with Gasteiger partial charge in [0, 0.05) is 23.9 Å². The summed E-state index contributed by atoms with van der Waals surface area (Å²) in [6.07, 6.45) is 2.12. The number of rotatable bonds is 4. The van der Waals surface area contributed by atoms with Crippen LogP contribution in [0.1, 0.15) is 6.92 Å². The fourth-order valence-corrected chi connectivity index (χ4v) is 2.40. The van der Waals surface area contributed by atoms with Crippen LogP contribution in [0.2, 0.25) is 0 Å². The van der Waals surface area contributed by atoms with E-state index in [-0.39, 0.29) is 0 Å². The summed E-state index contributed by atoms with van der Waals surface area (Å²) < 4.78 is 2.24. The molecular weight excluding hydrogens is 204 g/mol. The summed E-state index contributed by atoms with van der Waals surface area (Å²) in [4.78, 5) is 0. The van der Waals surface area contributed by atoms with Crippen LogP contribution in [0.5, 0.6) is 0 Å². The van der Waals surface area contributed by atoms with Gasteiger partial charge in [0.05, 0.1) is 11.2 Å². The Morgan fingerprint density at radius 3 is 3.00 bits per heavy atom. The summed E-state index contributed by atoms with van der Waals surface area (Å²) in [5.41, 5.74) is 8.03. The van der Waals surface area contributed by atoms with E-state index < -0.39 is 0 Å². The minimum Gasteiger partial charge on any atom is -0.397 e. The zero-order chi connectivity index (χ0) is 10.7. The van der Waals surface area contributed by atoms with Crippen LogP contribution in [0.3, 0.4) is 0 Å². The van der Waals surface area contributed by atoms with Gasteiger partial charge in [0.1, 0.15) is 0 Å². The molecule has 1 aromatic heterocycles. The van der Waals surface area contributed by atoms with Gasteiger partial charge >= 0.3 is 0 Å². The number of hydrogen-bond acceptors (Lipinski definition) is 2. The van der Waals surface area contributed by atoms with Crippen LogP contribution in [0.15, 0.2) is 30.5 Å². The Morgan fingerprint density at radius 1 is 1.33 bits per heavy atom. The second kappa shape index (κ2) is 4.62. The van der Waals surface area contributed by atoms with E-state index in [2.05, 4.69) is 29.8 Å². The van der Waals surface area contributed by atoms with Crippen molar-refractivity contribution in [3.63, 3.8) is 0 Å². The molecular formula is C12H16N2S. The van der Waals surface area contributed by atoms with Crippen LogP contribution in [-0.2, 0) is 6.54 Å². The summed E-state index contributed by atoms with van der Waals surface area (Å²) in [5.74, 6) is 2.32. The fourth-order valence-electron chi connectivity index (χ4n) is 1.78. The maximum Gasteiger partial charge on any atom is 0.0714 e. The minimum atomic E-state index is 0.874. The molecule has 0 saturated carbocycles. The second-order valence-corrected chi connectivity index (χ2v) is 4.88. The van der Waals surface area contributed by atoms with E-state index in [1.807, 2.05) is 23.9 Å². The molecule has 0 unspecified atom stereocenters. The lowest BCUT2D eigenvalue weighted by molar-refractivity contribution is 0.808. The van der Waals surface area contributed by atoms with Gasteiger partial charge in [-0.1, -0.05) is 19.1 Å². The predicted molar refractivity (Wildman–Crippen MR) is 69.3 cm³/mol. The van der Waals surface area contributed by atoms with E-state index in [0.29, 0.717) is 0 Å². The van der Waals surface area contributed by atoms with Crippen LogP contribution in [-0.4, -0.2) is 16.1 Å². The fraction of sp³-hybridized carbons (Fsp3) is 0.333. The molecule has 0 amide bonds. The Bertz CT molecular complexity index is 448. The molecule has 2 N–H and O–H groups in total. The molecule has 0 fully saturated rings.